The van der Waals surface area contributed by atoms with Crippen LogP contribution in [0.1, 0.15) is 32.8 Å². The zero-order valence-electron chi connectivity index (χ0n) is 12.8. The summed E-state index contributed by atoms with van der Waals surface area (Å²) in [4.78, 5) is 14.7. The van der Waals surface area contributed by atoms with Gasteiger partial charge in [-0.25, -0.2) is 0 Å². The number of benzene rings is 1. The number of nitrogens with zero attached hydrogens (tertiary/aromatic N) is 1. The van der Waals surface area contributed by atoms with Gasteiger partial charge in [0.15, 0.2) is 0 Å². The number of piperidine rings is 1. The Morgan fingerprint density at radius 3 is 2.19 bits per heavy atom. The molecule has 0 spiro atoms. The Labute approximate surface area is 141 Å². The summed E-state index contributed by atoms with van der Waals surface area (Å²) in [5, 5.41) is 0. The zero-order chi connectivity index (χ0) is 14.9. The average Bonchev–Trinajstić information content (AvgIpc) is 2.37. The number of rotatable bonds is 2. The van der Waals surface area contributed by atoms with Crippen LogP contribution in [0.4, 0.5) is 0 Å². The van der Waals surface area contributed by atoms with Crippen LogP contribution < -0.4 is 5.73 Å². The molecule has 1 aromatic carbocycles. The van der Waals surface area contributed by atoms with E-state index in [9.17, 15) is 4.79 Å². The molecule has 1 aliphatic heterocycles. The molecular weight excluding hydrogens is 352 g/mol. The number of amides is 1. The summed E-state index contributed by atoms with van der Waals surface area (Å²) >= 11 is 3.41. The van der Waals surface area contributed by atoms with Crippen molar-refractivity contribution in [3.63, 3.8) is 0 Å². The number of nitrogens with two attached hydrogens (primary N) is 1. The SMILES string of the molecule is CC1CC(C)CN(C(=O)C(C)(N)c2ccc(Br)cc2)C1.Cl. The maximum absolute atomic E-state index is 12.8. The lowest BCUT2D eigenvalue weighted by Gasteiger charge is -2.39. The van der Waals surface area contributed by atoms with E-state index in [2.05, 4.69) is 29.8 Å². The standard InChI is InChI=1S/C16H23BrN2O.ClH/c1-11-8-12(2)10-19(9-11)15(20)16(3,18)13-4-6-14(17)7-5-13;/h4-7,11-12H,8-10,18H2,1-3H3;1H. The van der Waals surface area contributed by atoms with E-state index in [0.717, 1.165) is 23.1 Å². The van der Waals surface area contributed by atoms with Gasteiger partial charge in [0, 0.05) is 17.6 Å². The van der Waals surface area contributed by atoms with E-state index < -0.39 is 5.54 Å². The van der Waals surface area contributed by atoms with Crippen LogP contribution in [-0.4, -0.2) is 23.9 Å². The predicted molar refractivity (Wildman–Crippen MR) is 92.5 cm³/mol. The fourth-order valence-electron chi connectivity index (χ4n) is 3.08. The average molecular weight is 376 g/mol. The van der Waals surface area contributed by atoms with Crippen LogP contribution in [0.25, 0.3) is 0 Å². The first-order chi connectivity index (χ1) is 9.30. The second kappa shape index (κ2) is 7.12. The number of hydrogen-bond donors (Lipinski definition) is 1. The molecule has 2 N–H and O–H groups in total. The summed E-state index contributed by atoms with van der Waals surface area (Å²) in [7, 11) is 0. The Morgan fingerprint density at radius 2 is 1.71 bits per heavy atom. The predicted octanol–water partition coefficient (Wildman–Crippen LogP) is 3.55. The normalized spacial score (nSPS) is 24.9. The molecule has 0 aromatic heterocycles. The van der Waals surface area contributed by atoms with Crippen LogP contribution in [-0.2, 0) is 10.3 Å². The van der Waals surface area contributed by atoms with Crippen LogP contribution >= 0.6 is 28.3 Å². The number of likely N-dealkylation sites (tertiary alicyclic amines) is 1. The summed E-state index contributed by atoms with van der Waals surface area (Å²) in [5.41, 5.74) is 6.24. The van der Waals surface area contributed by atoms with Gasteiger partial charge in [0.05, 0.1) is 0 Å². The quantitative estimate of drug-likeness (QED) is 0.859. The van der Waals surface area contributed by atoms with Crippen molar-refractivity contribution in [1.82, 2.24) is 4.90 Å². The van der Waals surface area contributed by atoms with Crippen molar-refractivity contribution >= 4 is 34.2 Å². The Morgan fingerprint density at radius 1 is 1.24 bits per heavy atom. The van der Waals surface area contributed by atoms with Gasteiger partial charge in [-0.1, -0.05) is 41.9 Å². The lowest BCUT2D eigenvalue weighted by molar-refractivity contribution is -0.139. The molecule has 0 aliphatic carbocycles. The van der Waals surface area contributed by atoms with Crippen molar-refractivity contribution in [2.75, 3.05) is 13.1 Å². The second-order valence-electron chi connectivity index (χ2n) is 6.37. The van der Waals surface area contributed by atoms with Gasteiger partial charge in [0.2, 0.25) is 5.91 Å². The molecule has 1 aliphatic rings. The summed E-state index contributed by atoms with van der Waals surface area (Å²) in [6, 6.07) is 7.68. The van der Waals surface area contributed by atoms with Gasteiger partial charge >= 0.3 is 0 Å². The van der Waals surface area contributed by atoms with Crippen LogP contribution in [0.15, 0.2) is 28.7 Å². The molecule has 118 valence electrons. The molecule has 1 heterocycles. The lowest BCUT2D eigenvalue weighted by Crippen LogP contribution is -2.54. The van der Waals surface area contributed by atoms with Gasteiger partial charge in [-0.3, -0.25) is 4.79 Å². The van der Waals surface area contributed by atoms with Crippen LogP contribution in [0, 0.1) is 11.8 Å². The van der Waals surface area contributed by atoms with E-state index in [1.165, 1.54) is 6.42 Å². The molecule has 1 amide bonds. The minimum Gasteiger partial charge on any atom is -0.340 e. The maximum atomic E-state index is 12.8. The Hall–Kier alpha value is -0.580. The van der Waals surface area contributed by atoms with E-state index in [1.54, 1.807) is 0 Å². The largest absolute Gasteiger partial charge is 0.340 e. The third kappa shape index (κ3) is 4.21. The molecule has 3 atom stereocenters. The smallest absolute Gasteiger partial charge is 0.246 e. The molecule has 21 heavy (non-hydrogen) atoms. The summed E-state index contributed by atoms with van der Waals surface area (Å²) in [5.74, 6) is 1.12. The van der Waals surface area contributed by atoms with Crippen molar-refractivity contribution in [3.05, 3.63) is 34.3 Å². The van der Waals surface area contributed by atoms with Gasteiger partial charge in [-0.15, -0.1) is 12.4 Å². The van der Waals surface area contributed by atoms with Gasteiger partial charge in [0.25, 0.3) is 0 Å². The summed E-state index contributed by atoms with van der Waals surface area (Å²) < 4.78 is 0.990. The van der Waals surface area contributed by atoms with Gasteiger partial charge in [0.1, 0.15) is 5.54 Å². The van der Waals surface area contributed by atoms with E-state index in [0.29, 0.717) is 11.8 Å². The molecule has 5 heteroatoms. The van der Waals surface area contributed by atoms with Crippen molar-refractivity contribution in [3.8, 4) is 0 Å². The Bertz CT molecular complexity index is 480. The molecule has 1 fully saturated rings. The first-order valence-corrected chi connectivity index (χ1v) is 7.94. The van der Waals surface area contributed by atoms with Crippen molar-refractivity contribution in [1.29, 1.82) is 0 Å². The molecule has 0 bridgehead atoms. The van der Waals surface area contributed by atoms with Gasteiger partial charge < -0.3 is 10.6 Å². The monoisotopic (exact) mass is 374 g/mol. The third-order valence-electron chi connectivity index (χ3n) is 4.04. The molecule has 0 radical (unpaired) electrons. The van der Waals surface area contributed by atoms with Crippen LogP contribution in [0.5, 0.6) is 0 Å². The van der Waals surface area contributed by atoms with E-state index in [4.69, 9.17) is 5.73 Å². The molecule has 3 nitrogen and oxygen atoms in total. The van der Waals surface area contributed by atoms with Crippen molar-refractivity contribution in [2.24, 2.45) is 17.6 Å². The topological polar surface area (TPSA) is 46.3 Å². The summed E-state index contributed by atoms with van der Waals surface area (Å²) in [6.07, 6.45) is 1.18. The fraction of sp³-hybridized carbons (Fsp3) is 0.562. The second-order valence-corrected chi connectivity index (χ2v) is 7.28. The highest BCUT2D eigenvalue weighted by atomic mass is 79.9. The number of halogens is 2. The zero-order valence-corrected chi connectivity index (χ0v) is 15.2. The number of hydrogen-bond acceptors (Lipinski definition) is 2. The van der Waals surface area contributed by atoms with E-state index in [-0.39, 0.29) is 18.3 Å². The molecule has 1 aromatic rings. The van der Waals surface area contributed by atoms with E-state index in [1.807, 2.05) is 36.1 Å². The third-order valence-corrected chi connectivity index (χ3v) is 4.57. The number of carbonyl (C=O) groups excluding carboxylic acids is 1. The first-order valence-electron chi connectivity index (χ1n) is 7.15. The Kier molecular flexibility index (Phi) is 6.26. The van der Waals surface area contributed by atoms with E-state index >= 15 is 0 Å². The highest BCUT2D eigenvalue weighted by Gasteiger charge is 2.37. The lowest BCUT2D eigenvalue weighted by atomic mass is 9.87. The maximum Gasteiger partial charge on any atom is 0.246 e. The first kappa shape index (κ1) is 18.5. The summed E-state index contributed by atoms with van der Waals surface area (Å²) in [6.45, 7) is 7.83. The van der Waals surface area contributed by atoms with Crippen LogP contribution in [0.3, 0.4) is 0 Å². The molecule has 1 saturated heterocycles. The molecule has 3 unspecified atom stereocenters. The molecule has 2 rings (SSSR count). The highest BCUT2D eigenvalue weighted by molar-refractivity contribution is 9.10. The minimum atomic E-state index is -0.961. The fourth-order valence-corrected chi connectivity index (χ4v) is 3.34. The van der Waals surface area contributed by atoms with Crippen molar-refractivity contribution < 1.29 is 4.79 Å². The van der Waals surface area contributed by atoms with Gasteiger partial charge in [-0.05, 0) is 42.9 Å². The molecule has 0 saturated carbocycles. The van der Waals surface area contributed by atoms with Crippen molar-refractivity contribution in [2.45, 2.75) is 32.7 Å². The number of carbonyl (C=O) groups is 1. The minimum absolute atomic E-state index is 0. The van der Waals surface area contributed by atoms with Crippen LogP contribution in [0.2, 0.25) is 0 Å². The Balaban J connectivity index is 0.00000220. The highest BCUT2D eigenvalue weighted by Crippen LogP contribution is 2.27. The molecular formula is C16H24BrClN2O. The van der Waals surface area contributed by atoms with Gasteiger partial charge in [-0.2, -0.15) is 0 Å².